The molecule has 0 spiro atoms. The summed E-state index contributed by atoms with van der Waals surface area (Å²) < 4.78 is 27.7. The van der Waals surface area contributed by atoms with Crippen LogP contribution in [0, 0.1) is 0 Å². The molecule has 0 saturated heterocycles. The third-order valence-corrected chi connectivity index (χ3v) is 3.55. The Morgan fingerprint density at radius 3 is 2.83 bits per heavy atom. The van der Waals surface area contributed by atoms with E-state index in [9.17, 15) is 8.78 Å². The van der Waals surface area contributed by atoms with E-state index in [1.165, 1.54) is 0 Å². The van der Waals surface area contributed by atoms with Crippen LogP contribution in [-0.2, 0) is 0 Å². The average Bonchev–Trinajstić information content (AvgIpc) is 2.92. The number of fused-ring (bicyclic) bond motifs is 1. The van der Waals surface area contributed by atoms with E-state index >= 15 is 0 Å². The Kier molecular flexibility index (Phi) is 3.03. The highest BCUT2D eigenvalue weighted by Gasteiger charge is 2.35. The summed E-state index contributed by atoms with van der Waals surface area (Å²) >= 11 is 0.882. The van der Waals surface area contributed by atoms with Crippen LogP contribution in [0.1, 0.15) is 30.0 Å². The first kappa shape index (κ1) is 11.6. The predicted molar refractivity (Wildman–Crippen MR) is 64.9 cm³/mol. The quantitative estimate of drug-likeness (QED) is 0.799. The number of benzene rings is 1. The van der Waals surface area contributed by atoms with Gasteiger partial charge in [0, 0.05) is 6.42 Å². The third-order valence-electron chi connectivity index (χ3n) is 3.01. The molecule has 0 N–H and O–H groups in total. The van der Waals surface area contributed by atoms with Crippen LogP contribution in [0.4, 0.5) is 8.78 Å². The van der Waals surface area contributed by atoms with Gasteiger partial charge in [-0.1, -0.05) is 42.1 Å². The molecule has 1 aromatic carbocycles. The van der Waals surface area contributed by atoms with Gasteiger partial charge in [-0.05, 0) is 5.56 Å². The van der Waals surface area contributed by atoms with Crippen molar-refractivity contribution in [1.29, 1.82) is 0 Å². The second-order valence-electron chi connectivity index (χ2n) is 4.08. The smallest absolute Gasteiger partial charge is 0.211 e. The first-order chi connectivity index (χ1) is 8.79. The molecule has 0 fully saturated rings. The Bertz CT molecular complexity index is 544. The minimum absolute atomic E-state index is 0.141. The van der Waals surface area contributed by atoms with Gasteiger partial charge < -0.3 is 0 Å². The highest BCUT2D eigenvalue weighted by molar-refractivity contribution is 7.98. The fraction of sp³-hybridized carbons (Fsp3) is 0.333. The molecule has 1 aliphatic rings. The molecular weight excluding hydrogens is 256 g/mol. The van der Waals surface area contributed by atoms with Crippen LogP contribution in [-0.4, -0.2) is 20.8 Å². The highest BCUT2D eigenvalue weighted by Crippen LogP contribution is 2.39. The van der Waals surface area contributed by atoms with Crippen LogP contribution in [0.5, 0.6) is 0 Å². The molecule has 18 heavy (non-hydrogen) atoms. The lowest BCUT2D eigenvalue weighted by molar-refractivity contribution is 0.327. The van der Waals surface area contributed by atoms with Gasteiger partial charge in [0.05, 0.1) is 6.04 Å². The first-order valence-corrected chi connectivity index (χ1v) is 6.62. The van der Waals surface area contributed by atoms with Crippen LogP contribution in [0.25, 0.3) is 0 Å². The van der Waals surface area contributed by atoms with Crippen LogP contribution >= 0.6 is 11.8 Å². The maximum Gasteiger partial charge on any atom is 0.211 e. The summed E-state index contributed by atoms with van der Waals surface area (Å²) in [5.74, 6) is 0.305. The zero-order chi connectivity index (χ0) is 12.5. The number of halogens is 2. The van der Waals surface area contributed by atoms with E-state index in [0.717, 1.165) is 17.3 Å². The molecule has 3 nitrogen and oxygen atoms in total. The number of thioether (sulfide) groups is 1. The normalized spacial score (nSPS) is 22.1. The zero-order valence-electron chi connectivity index (χ0n) is 9.46. The Labute approximate surface area is 107 Å². The van der Waals surface area contributed by atoms with Crippen molar-refractivity contribution in [3.8, 4) is 0 Å². The van der Waals surface area contributed by atoms with Crippen LogP contribution in [0.2, 0.25) is 0 Å². The van der Waals surface area contributed by atoms with E-state index in [4.69, 9.17) is 0 Å². The standard InChI is InChI=1S/C12H11F2N3S/c13-7-18-12-15-11-9(14)6-10(17(11)16-12)8-4-2-1-3-5-8/h1-5,9-10H,6-7H2/t9-,10-/m0/s1. The summed E-state index contributed by atoms with van der Waals surface area (Å²) in [5.41, 5.74) is 1.00. The molecule has 0 unspecified atom stereocenters. The number of rotatable bonds is 3. The lowest BCUT2D eigenvalue weighted by Crippen LogP contribution is -2.07. The number of aromatic nitrogens is 3. The fourth-order valence-corrected chi connectivity index (χ4v) is 2.62. The minimum atomic E-state index is -1.13. The molecule has 0 saturated carbocycles. The van der Waals surface area contributed by atoms with Gasteiger partial charge in [-0.3, -0.25) is 0 Å². The van der Waals surface area contributed by atoms with Crippen LogP contribution in [0.3, 0.4) is 0 Å². The minimum Gasteiger partial charge on any atom is -0.239 e. The molecule has 94 valence electrons. The van der Waals surface area contributed by atoms with E-state index in [1.807, 2.05) is 30.3 Å². The van der Waals surface area contributed by atoms with Crippen molar-refractivity contribution >= 4 is 11.8 Å². The van der Waals surface area contributed by atoms with Gasteiger partial charge in [-0.15, -0.1) is 5.10 Å². The lowest BCUT2D eigenvalue weighted by atomic mass is 10.0. The zero-order valence-corrected chi connectivity index (χ0v) is 10.3. The van der Waals surface area contributed by atoms with Crippen LogP contribution in [0.15, 0.2) is 35.5 Å². The van der Waals surface area contributed by atoms with Crippen molar-refractivity contribution in [3.05, 3.63) is 41.7 Å². The molecule has 2 heterocycles. The largest absolute Gasteiger partial charge is 0.239 e. The van der Waals surface area contributed by atoms with E-state index in [-0.39, 0.29) is 6.04 Å². The summed E-state index contributed by atoms with van der Waals surface area (Å²) in [6, 6.07) is 8.88. The van der Waals surface area contributed by atoms with Gasteiger partial charge in [0.2, 0.25) is 5.16 Å². The summed E-state index contributed by atoms with van der Waals surface area (Å²) in [6.07, 6.45) is -0.781. The summed E-state index contributed by atoms with van der Waals surface area (Å²) in [4.78, 5) is 4.04. The molecule has 2 atom stereocenters. The molecule has 0 bridgehead atoms. The first-order valence-electron chi connectivity index (χ1n) is 5.64. The van der Waals surface area contributed by atoms with Gasteiger partial charge in [0.1, 0.15) is 6.01 Å². The molecule has 6 heteroatoms. The number of alkyl halides is 2. The summed E-state index contributed by atoms with van der Waals surface area (Å²) in [5, 5.41) is 4.48. The van der Waals surface area contributed by atoms with Crippen LogP contribution < -0.4 is 0 Å². The molecular formula is C12H11F2N3S. The predicted octanol–water partition coefficient (Wildman–Crippen LogP) is 3.30. The van der Waals surface area contributed by atoms with Crippen molar-refractivity contribution in [2.24, 2.45) is 0 Å². The Morgan fingerprint density at radius 2 is 2.11 bits per heavy atom. The highest BCUT2D eigenvalue weighted by atomic mass is 32.2. The third kappa shape index (κ3) is 1.90. The number of nitrogens with zero attached hydrogens (tertiary/aromatic N) is 3. The molecule has 0 aliphatic carbocycles. The maximum absolute atomic E-state index is 13.9. The van der Waals surface area contributed by atoms with Crippen molar-refractivity contribution in [2.45, 2.75) is 23.8 Å². The molecule has 2 aromatic rings. The van der Waals surface area contributed by atoms with Crippen molar-refractivity contribution in [2.75, 3.05) is 6.01 Å². The maximum atomic E-state index is 13.9. The summed E-state index contributed by atoms with van der Waals surface area (Å²) in [7, 11) is 0. The second-order valence-corrected chi connectivity index (χ2v) is 4.95. The van der Waals surface area contributed by atoms with Gasteiger partial charge >= 0.3 is 0 Å². The Balaban J connectivity index is 1.97. The lowest BCUT2D eigenvalue weighted by Gasteiger charge is -2.11. The van der Waals surface area contributed by atoms with Crippen molar-refractivity contribution < 1.29 is 8.78 Å². The number of hydrogen-bond acceptors (Lipinski definition) is 3. The molecule has 0 radical (unpaired) electrons. The van der Waals surface area contributed by atoms with Crippen molar-refractivity contribution in [3.63, 3.8) is 0 Å². The van der Waals surface area contributed by atoms with E-state index in [0.29, 0.717) is 17.4 Å². The van der Waals surface area contributed by atoms with E-state index < -0.39 is 12.2 Å². The van der Waals surface area contributed by atoms with Gasteiger partial charge in [0.15, 0.2) is 12.0 Å². The van der Waals surface area contributed by atoms with Gasteiger partial charge in [-0.2, -0.15) is 0 Å². The molecule has 1 aliphatic heterocycles. The Hall–Kier alpha value is -1.43. The molecule has 1 aromatic heterocycles. The monoisotopic (exact) mass is 267 g/mol. The SMILES string of the molecule is FCSc1nc2n(n1)[C@H](c1ccccc1)C[C@@H]2F. The van der Waals surface area contributed by atoms with Gasteiger partial charge in [-0.25, -0.2) is 18.4 Å². The number of hydrogen-bond donors (Lipinski definition) is 0. The second kappa shape index (κ2) is 4.68. The molecule has 3 rings (SSSR count). The average molecular weight is 267 g/mol. The van der Waals surface area contributed by atoms with Crippen molar-refractivity contribution in [1.82, 2.24) is 14.8 Å². The van der Waals surface area contributed by atoms with Gasteiger partial charge in [0.25, 0.3) is 0 Å². The fourth-order valence-electron chi connectivity index (χ4n) is 2.22. The molecule has 0 amide bonds. The Morgan fingerprint density at radius 1 is 1.33 bits per heavy atom. The summed E-state index contributed by atoms with van der Waals surface area (Å²) in [6.45, 7) is 0. The topological polar surface area (TPSA) is 30.7 Å². The van der Waals surface area contributed by atoms with E-state index in [1.54, 1.807) is 4.68 Å². The van der Waals surface area contributed by atoms with E-state index in [2.05, 4.69) is 10.1 Å².